The molecule has 21 heavy (non-hydrogen) atoms. The highest BCUT2D eigenvalue weighted by molar-refractivity contribution is 6.31. The van der Waals surface area contributed by atoms with Gasteiger partial charge in [0.15, 0.2) is 11.6 Å². The fourth-order valence-electron chi connectivity index (χ4n) is 1.75. The number of ether oxygens (including phenoxy) is 1. The molecule has 0 aliphatic rings. The summed E-state index contributed by atoms with van der Waals surface area (Å²) in [4.78, 5) is 0. The zero-order chi connectivity index (χ0) is 15.5. The highest BCUT2D eigenvalue weighted by Gasteiger charge is 2.11. The summed E-state index contributed by atoms with van der Waals surface area (Å²) in [5, 5.41) is 3.97. The van der Waals surface area contributed by atoms with Crippen molar-refractivity contribution in [1.82, 2.24) is 5.32 Å². The van der Waals surface area contributed by atoms with Crippen LogP contribution in [0.2, 0.25) is 5.02 Å². The lowest BCUT2D eigenvalue weighted by Crippen LogP contribution is -2.35. The normalized spacial score (nSPS) is 11.5. The van der Waals surface area contributed by atoms with Gasteiger partial charge in [-0.05, 0) is 50.6 Å². The first kappa shape index (κ1) is 15.8. The molecule has 112 valence electrons. The van der Waals surface area contributed by atoms with Gasteiger partial charge in [-0.25, -0.2) is 4.39 Å². The highest BCUT2D eigenvalue weighted by Crippen LogP contribution is 2.28. The predicted octanol–water partition coefficient (Wildman–Crippen LogP) is 5.16. The molecule has 0 saturated carbocycles. The summed E-state index contributed by atoms with van der Waals surface area (Å²) in [6.07, 6.45) is 0. The fraction of sp³-hybridized carbons (Fsp3) is 0.294. The van der Waals surface area contributed by atoms with Crippen LogP contribution >= 0.6 is 11.6 Å². The Bertz CT molecular complexity index is 622. The molecular weight excluding hydrogens is 289 g/mol. The van der Waals surface area contributed by atoms with Crippen LogP contribution in [-0.4, -0.2) is 5.54 Å². The van der Waals surface area contributed by atoms with Crippen LogP contribution in [0.3, 0.4) is 0 Å². The maximum atomic E-state index is 13.5. The van der Waals surface area contributed by atoms with Gasteiger partial charge in [0.1, 0.15) is 5.75 Å². The summed E-state index contributed by atoms with van der Waals surface area (Å²) in [6.45, 7) is 6.95. The Balaban J connectivity index is 2.10. The lowest BCUT2D eigenvalue weighted by atomic mass is 10.1. The first-order chi connectivity index (χ1) is 9.85. The number of benzene rings is 2. The molecule has 0 radical (unpaired) electrons. The molecule has 0 amide bonds. The van der Waals surface area contributed by atoms with E-state index in [9.17, 15) is 4.39 Å². The molecule has 2 aromatic rings. The zero-order valence-corrected chi connectivity index (χ0v) is 13.2. The zero-order valence-electron chi connectivity index (χ0n) is 12.4. The Labute approximate surface area is 129 Å². The van der Waals surface area contributed by atoms with E-state index in [0.717, 1.165) is 5.56 Å². The van der Waals surface area contributed by atoms with Crippen molar-refractivity contribution in [2.24, 2.45) is 0 Å². The third-order valence-corrected chi connectivity index (χ3v) is 3.25. The second-order valence-corrected chi connectivity index (χ2v) is 6.30. The van der Waals surface area contributed by atoms with Crippen molar-refractivity contribution in [2.75, 3.05) is 0 Å². The van der Waals surface area contributed by atoms with Gasteiger partial charge in [-0.1, -0.05) is 29.8 Å². The molecule has 4 heteroatoms. The Morgan fingerprint density at radius 1 is 1.14 bits per heavy atom. The summed E-state index contributed by atoms with van der Waals surface area (Å²) in [6, 6.07) is 11.7. The van der Waals surface area contributed by atoms with Gasteiger partial charge in [0, 0.05) is 17.1 Å². The third-order valence-electron chi connectivity index (χ3n) is 2.90. The number of rotatable bonds is 4. The van der Waals surface area contributed by atoms with Crippen LogP contribution in [-0.2, 0) is 6.54 Å². The fourth-order valence-corrected chi connectivity index (χ4v) is 1.99. The van der Waals surface area contributed by atoms with Crippen LogP contribution in [0.25, 0.3) is 0 Å². The molecule has 0 fully saturated rings. The SMILES string of the molecule is CC(C)(C)NCc1ccc(Oc2ccccc2F)cc1Cl. The van der Waals surface area contributed by atoms with Gasteiger partial charge < -0.3 is 10.1 Å². The third kappa shape index (κ3) is 4.73. The van der Waals surface area contributed by atoms with E-state index >= 15 is 0 Å². The number of nitrogens with one attached hydrogen (secondary N) is 1. The number of para-hydroxylation sites is 1. The minimum Gasteiger partial charge on any atom is -0.454 e. The smallest absolute Gasteiger partial charge is 0.165 e. The van der Waals surface area contributed by atoms with E-state index in [0.29, 0.717) is 17.3 Å². The number of hydrogen-bond donors (Lipinski definition) is 1. The molecule has 0 spiro atoms. The van der Waals surface area contributed by atoms with E-state index in [4.69, 9.17) is 16.3 Å². The van der Waals surface area contributed by atoms with Crippen LogP contribution < -0.4 is 10.1 Å². The molecule has 0 saturated heterocycles. The number of hydrogen-bond acceptors (Lipinski definition) is 2. The van der Waals surface area contributed by atoms with E-state index < -0.39 is 5.82 Å². The van der Waals surface area contributed by atoms with Crippen LogP contribution in [0.1, 0.15) is 26.3 Å². The summed E-state index contributed by atoms with van der Waals surface area (Å²) in [5.41, 5.74) is 0.999. The summed E-state index contributed by atoms with van der Waals surface area (Å²) < 4.78 is 19.0. The van der Waals surface area contributed by atoms with Gasteiger partial charge in [-0.15, -0.1) is 0 Å². The van der Waals surface area contributed by atoms with Gasteiger partial charge in [-0.3, -0.25) is 0 Å². The molecule has 0 unspecified atom stereocenters. The van der Waals surface area contributed by atoms with E-state index in [1.165, 1.54) is 6.07 Å². The molecule has 2 aromatic carbocycles. The Kier molecular flexibility index (Phi) is 4.86. The van der Waals surface area contributed by atoms with Crippen molar-refractivity contribution >= 4 is 11.6 Å². The molecule has 0 aromatic heterocycles. The van der Waals surface area contributed by atoms with Gasteiger partial charge in [0.05, 0.1) is 0 Å². The van der Waals surface area contributed by atoms with Crippen molar-refractivity contribution in [1.29, 1.82) is 0 Å². The summed E-state index contributed by atoms with van der Waals surface area (Å²) in [7, 11) is 0. The lowest BCUT2D eigenvalue weighted by Gasteiger charge is -2.21. The average Bonchev–Trinajstić information content (AvgIpc) is 2.39. The molecule has 2 nitrogen and oxygen atoms in total. The molecule has 0 heterocycles. The molecule has 1 N–H and O–H groups in total. The van der Waals surface area contributed by atoms with Crippen LogP contribution in [0.4, 0.5) is 4.39 Å². The first-order valence-corrected chi connectivity index (χ1v) is 7.19. The van der Waals surface area contributed by atoms with E-state index in [-0.39, 0.29) is 11.3 Å². The van der Waals surface area contributed by atoms with E-state index in [1.807, 2.05) is 6.07 Å². The van der Waals surface area contributed by atoms with Crippen LogP contribution in [0.5, 0.6) is 11.5 Å². The largest absolute Gasteiger partial charge is 0.454 e. The minimum atomic E-state index is -0.396. The van der Waals surface area contributed by atoms with Crippen molar-refractivity contribution in [3.63, 3.8) is 0 Å². The second-order valence-electron chi connectivity index (χ2n) is 5.89. The van der Waals surface area contributed by atoms with Crippen molar-refractivity contribution in [2.45, 2.75) is 32.9 Å². The maximum Gasteiger partial charge on any atom is 0.165 e. The van der Waals surface area contributed by atoms with Gasteiger partial charge in [0.2, 0.25) is 0 Å². The van der Waals surface area contributed by atoms with Crippen LogP contribution in [0, 0.1) is 5.82 Å². The van der Waals surface area contributed by atoms with Crippen molar-refractivity contribution in [3.8, 4) is 11.5 Å². The Hall–Kier alpha value is -1.58. The molecule has 2 rings (SSSR count). The maximum absolute atomic E-state index is 13.5. The van der Waals surface area contributed by atoms with Crippen molar-refractivity contribution < 1.29 is 9.13 Å². The standard InChI is InChI=1S/C17H19ClFNO/c1-17(2,3)20-11-12-8-9-13(10-14(12)18)21-16-7-5-4-6-15(16)19/h4-10,20H,11H2,1-3H3. The van der Waals surface area contributed by atoms with Gasteiger partial charge in [0.25, 0.3) is 0 Å². The van der Waals surface area contributed by atoms with Gasteiger partial charge in [-0.2, -0.15) is 0 Å². The predicted molar refractivity (Wildman–Crippen MR) is 84.5 cm³/mol. The first-order valence-electron chi connectivity index (χ1n) is 6.81. The topological polar surface area (TPSA) is 21.3 Å². The monoisotopic (exact) mass is 307 g/mol. The second kappa shape index (κ2) is 6.46. The highest BCUT2D eigenvalue weighted by atomic mass is 35.5. The molecule has 0 bridgehead atoms. The Morgan fingerprint density at radius 2 is 1.86 bits per heavy atom. The van der Waals surface area contributed by atoms with Crippen LogP contribution in [0.15, 0.2) is 42.5 Å². The Morgan fingerprint density at radius 3 is 2.48 bits per heavy atom. The molecular formula is C17H19ClFNO. The minimum absolute atomic E-state index is 0.0195. The van der Waals surface area contributed by atoms with E-state index in [1.54, 1.807) is 30.3 Å². The summed E-state index contributed by atoms with van der Waals surface area (Å²) >= 11 is 6.25. The molecule has 0 aliphatic carbocycles. The molecule has 0 aliphatic heterocycles. The average molecular weight is 308 g/mol. The lowest BCUT2D eigenvalue weighted by molar-refractivity contribution is 0.423. The van der Waals surface area contributed by atoms with E-state index in [2.05, 4.69) is 26.1 Å². The quantitative estimate of drug-likeness (QED) is 0.842. The number of halogens is 2. The van der Waals surface area contributed by atoms with Gasteiger partial charge >= 0.3 is 0 Å². The molecule has 0 atom stereocenters. The summed E-state index contributed by atoms with van der Waals surface area (Å²) in [5.74, 6) is 0.311. The van der Waals surface area contributed by atoms with Crippen molar-refractivity contribution in [3.05, 3.63) is 58.9 Å².